The molecule has 0 spiro atoms. The number of amides is 1. The molecule has 0 unspecified atom stereocenters. The van der Waals surface area contributed by atoms with Crippen LogP contribution in [0.5, 0.6) is 11.5 Å². The summed E-state index contributed by atoms with van der Waals surface area (Å²) >= 11 is 0. The maximum atomic E-state index is 13.6. The number of pyridine rings is 1. The highest BCUT2D eigenvalue weighted by Gasteiger charge is 2.45. The molecule has 3 aromatic rings. The number of halogens is 3. The number of carbonyl (C=O) groups is 1. The number of hydrogen-bond donors (Lipinski definition) is 2. The van der Waals surface area contributed by atoms with Crippen molar-refractivity contribution in [2.75, 3.05) is 13.1 Å². The quantitative estimate of drug-likeness (QED) is 0.345. The second-order valence-corrected chi connectivity index (χ2v) is 12.0. The molecule has 0 bridgehead atoms. The monoisotopic (exact) mass is 607 g/mol. The van der Waals surface area contributed by atoms with E-state index in [1.54, 1.807) is 37.1 Å². The third-order valence-electron chi connectivity index (χ3n) is 6.78. The molecule has 2 aromatic carbocycles. The number of aromatic nitrogens is 1. The van der Waals surface area contributed by atoms with Gasteiger partial charge >= 0.3 is 6.36 Å². The largest absolute Gasteiger partial charge is 0.573 e. The summed E-state index contributed by atoms with van der Waals surface area (Å²) in [5, 5.41) is 11.2. The van der Waals surface area contributed by atoms with Crippen molar-refractivity contribution in [3.05, 3.63) is 83.7 Å². The summed E-state index contributed by atoms with van der Waals surface area (Å²) in [4.78, 5) is 18.8. The van der Waals surface area contributed by atoms with Crippen molar-refractivity contribution >= 4 is 15.9 Å². The van der Waals surface area contributed by atoms with Crippen molar-refractivity contribution in [3.63, 3.8) is 0 Å². The number of benzene rings is 2. The third kappa shape index (κ3) is 7.20. The van der Waals surface area contributed by atoms with Gasteiger partial charge in [0.25, 0.3) is 5.91 Å². The Bertz CT molecular complexity index is 1520. The zero-order valence-electron chi connectivity index (χ0n) is 23.3. The van der Waals surface area contributed by atoms with Gasteiger partial charge in [-0.1, -0.05) is 25.1 Å². The minimum atomic E-state index is -5.13. The molecule has 0 fully saturated rings. The van der Waals surface area contributed by atoms with Gasteiger partial charge < -0.3 is 19.5 Å². The lowest BCUT2D eigenvalue weighted by molar-refractivity contribution is -0.275. The first kappa shape index (κ1) is 31.3. The van der Waals surface area contributed by atoms with Crippen LogP contribution in [0.1, 0.15) is 54.8 Å². The van der Waals surface area contributed by atoms with Gasteiger partial charge in [-0.3, -0.25) is 9.78 Å². The van der Waals surface area contributed by atoms with E-state index in [0.29, 0.717) is 25.9 Å². The Hall–Kier alpha value is -3.68. The fraction of sp³-hybridized carbons (Fsp3) is 0.379. The molecule has 1 aliphatic rings. The number of para-hydroxylation sites is 1. The van der Waals surface area contributed by atoms with E-state index in [1.807, 2.05) is 19.1 Å². The molecule has 1 amide bonds. The lowest BCUT2D eigenvalue weighted by Crippen LogP contribution is -2.53. The van der Waals surface area contributed by atoms with Crippen LogP contribution < -0.4 is 14.2 Å². The van der Waals surface area contributed by atoms with E-state index in [1.165, 1.54) is 24.3 Å². The number of sulfonamides is 1. The van der Waals surface area contributed by atoms with Gasteiger partial charge in [0, 0.05) is 42.5 Å². The number of aliphatic hydroxyl groups is 1. The van der Waals surface area contributed by atoms with E-state index in [9.17, 15) is 31.5 Å². The van der Waals surface area contributed by atoms with Gasteiger partial charge in [-0.15, -0.1) is 13.2 Å². The predicted molar refractivity (Wildman–Crippen MR) is 147 cm³/mol. The van der Waals surface area contributed by atoms with Crippen LogP contribution in [0.2, 0.25) is 0 Å². The van der Waals surface area contributed by atoms with Crippen LogP contribution in [-0.4, -0.2) is 60.5 Å². The Balaban J connectivity index is 1.68. The zero-order valence-corrected chi connectivity index (χ0v) is 24.1. The third-order valence-corrected chi connectivity index (χ3v) is 8.26. The SMILES string of the molecule is CCCN(CCc1ccccn1)C(=O)c1ccc2c(c1)[C@@H](NS(=O)(=O)c1ccccc1OC(F)(F)F)[C@H](O)C(C)(C)O2. The summed E-state index contributed by atoms with van der Waals surface area (Å²) in [5.74, 6) is -1.03. The van der Waals surface area contributed by atoms with Crippen molar-refractivity contribution in [2.45, 2.75) is 62.6 Å². The fourth-order valence-electron chi connectivity index (χ4n) is 4.74. The first-order chi connectivity index (χ1) is 19.7. The number of fused-ring (bicyclic) bond motifs is 1. The Labute approximate surface area is 242 Å². The van der Waals surface area contributed by atoms with E-state index in [4.69, 9.17) is 4.74 Å². The second-order valence-electron chi connectivity index (χ2n) is 10.4. The highest BCUT2D eigenvalue weighted by Crippen LogP contribution is 2.42. The lowest BCUT2D eigenvalue weighted by Gasteiger charge is -2.42. The number of nitrogens with one attached hydrogen (secondary N) is 1. The Morgan fingerprint density at radius 2 is 1.83 bits per heavy atom. The maximum absolute atomic E-state index is 13.6. The van der Waals surface area contributed by atoms with E-state index in [0.717, 1.165) is 17.8 Å². The van der Waals surface area contributed by atoms with Gasteiger partial charge in [-0.05, 0) is 62.7 Å². The second kappa shape index (κ2) is 12.3. The van der Waals surface area contributed by atoms with Crippen molar-refractivity contribution in [1.82, 2.24) is 14.6 Å². The average molecular weight is 608 g/mol. The van der Waals surface area contributed by atoms with Crippen LogP contribution in [-0.2, 0) is 16.4 Å². The molecule has 0 aliphatic carbocycles. The minimum absolute atomic E-state index is 0.159. The minimum Gasteiger partial charge on any atom is -0.485 e. The van der Waals surface area contributed by atoms with Crippen LogP contribution >= 0.6 is 0 Å². The number of carbonyl (C=O) groups excluding carboxylic acids is 1. The normalized spacial score (nSPS) is 18.1. The lowest BCUT2D eigenvalue weighted by atomic mass is 9.86. The molecule has 1 aliphatic heterocycles. The molecule has 0 saturated carbocycles. The van der Waals surface area contributed by atoms with E-state index < -0.39 is 44.8 Å². The number of aliphatic hydroxyl groups excluding tert-OH is 1. The standard InChI is InChI=1S/C29H32F3N3O6S/c1-4-16-35(17-14-20-9-7-8-15-33-20)27(37)19-12-13-22-21(18-19)25(26(36)28(2,3)40-22)34-42(38,39)24-11-6-5-10-23(24)41-29(30,31)32/h5-13,15,18,25-26,34,36H,4,14,16-17H2,1-3H3/t25-,26+/m1/s1. The summed E-state index contributed by atoms with van der Waals surface area (Å²) in [7, 11) is -4.68. The fourth-order valence-corrected chi connectivity index (χ4v) is 6.08. The van der Waals surface area contributed by atoms with E-state index in [-0.39, 0.29) is 22.8 Å². The van der Waals surface area contributed by atoms with Crippen LogP contribution in [0.15, 0.2) is 71.8 Å². The molecule has 4 rings (SSSR count). The highest BCUT2D eigenvalue weighted by molar-refractivity contribution is 7.89. The number of hydrogen-bond acceptors (Lipinski definition) is 7. The molecule has 2 heterocycles. The smallest absolute Gasteiger partial charge is 0.485 e. The number of nitrogens with zero attached hydrogens (tertiary/aromatic N) is 2. The summed E-state index contributed by atoms with van der Waals surface area (Å²) in [6, 6.07) is 13.0. The van der Waals surface area contributed by atoms with Gasteiger partial charge in [-0.2, -0.15) is 0 Å². The molecule has 2 N–H and O–H groups in total. The topological polar surface area (TPSA) is 118 Å². The Kier molecular flexibility index (Phi) is 9.14. The van der Waals surface area contributed by atoms with Gasteiger partial charge in [0.05, 0.1) is 6.04 Å². The molecule has 0 saturated heterocycles. The molecule has 13 heteroatoms. The molecule has 42 heavy (non-hydrogen) atoms. The Morgan fingerprint density at radius 1 is 1.12 bits per heavy atom. The molecule has 226 valence electrons. The molecular formula is C29H32F3N3O6S. The van der Waals surface area contributed by atoms with E-state index >= 15 is 0 Å². The van der Waals surface area contributed by atoms with Gasteiger partial charge in [0.1, 0.15) is 28.1 Å². The first-order valence-corrected chi connectivity index (χ1v) is 14.8. The highest BCUT2D eigenvalue weighted by atomic mass is 32.2. The number of ether oxygens (including phenoxy) is 2. The van der Waals surface area contributed by atoms with Crippen LogP contribution in [0.25, 0.3) is 0 Å². The molecular weight excluding hydrogens is 575 g/mol. The zero-order chi connectivity index (χ0) is 30.7. The molecule has 2 atom stereocenters. The van der Waals surface area contributed by atoms with Crippen LogP contribution in [0, 0.1) is 0 Å². The Morgan fingerprint density at radius 3 is 2.50 bits per heavy atom. The molecule has 9 nitrogen and oxygen atoms in total. The van der Waals surface area contributed by atoms with Crippen LogP contribution in [0.4, 0.5) is 13.2 Å². The number of alkyl halides is 3. The molecule has 1 aromatic heterocycles. The summed E-state index contributed by atoms with van der Waals surface area (Å²) in [6.07, 6.45) is -3.72. The van der Waals surface area contributed by atoms with Crippen LogP contribution in [0.3, 0.4) is 0 Å². The first-order valence-electron chi connectivity index (χ1n) is 13.3. The van der Waals surface area contributed by atoms with Crippen molar-refractivity contribution < 1.29 is 41.0 Å². The van der Waals surface area contributed by atoms with Crippen molar-refractivity contribution in [3.8, 4) is 11.5 Å². The summed E-state index contributed by atoms with van der Waals surface area (Å²) < 4.78 is 78.0. The summed E-state index contributed by atoms with van der Waals surface area (Å²) in [5.41, 5.74) is -0.0832. The van der Waals surface area contributed by atoms with E-state index in [2.05, 4.69) is 14.4 Å². The van der Waals surface area contributed by atoms with Crippen molar-refractivity contribution in [2.24, 2.45) is 0 Å². The van der Waals surface area contributed by atoms with Gasteiger partial charge in [0.2, 0.25) is 10.0 Å². The summed E-state index contributed by atoms with van der Waals surface area (Å²) in [6.45, 7) is 5.87. The van der Waals surface area contributed by atoms with Gasteiger partial charge in [0.15, 0.2) is 0 Å². The maximum Gasteiger partial charge on any atom is 0.573 e. The predicted octanol–water partition coefficient (Wildman–Crippen LogP) is 4.63. The van der Waals surface area contributed by atoms with Crippen molar-refractivity contribution in [1.29, 1.82) is 0 Å². The average Bonchev–Trinajstić information content (AvgIpc) is 2.93. The number of rotatable bonds is 10. The molecule has 0 radical (unpaired) electrons. The van der Waals surface area contributed by atoms with Gasteiger partial charge in [-0.25, -0.2) is 13.1 Å².